The highest BCUT2D eigenvalue weighted by Crippen LogP contribution is 2.20. The van der Waals surface area contributed by atoms with Crippen molar-refractivity contribution in [3.63, 3.8) is 0 Å². The molecule has 5 nitrogen and oxygen atoms in total. The molecule has 120 valence electrons. The third-order valence-electron chi connectivity index (χ3n) is 3.79. The van der Waals surface area contributed by atoms with Crippen LogP contribution in [0.3, 0.4) is 0 Å². The van der Waals surface area contributed by atoms with E-state index in [1.54, 1.807) is 4.90 Å². The van der Waals surface area contributed by atoms with Gasteiger partial charge >= 0.3 is 5.97 Å². The first-order valence-corrected chi connectivity index (χ1v) is 7.71. The molecule has 22 heavy (non-hydrogen) atoms. The molecule has 1 aromatic rings. The monoisotopic (exact) mass is 305 g/mol. The van der Waals surface area contributed by atoms with Crippen molar-refractivity contribution in [3.05, 3.63) is 29.8 Å². The fourth-order valence-corrected chi connectivity index (χ4v) is 2.59. The molecule has 0 aliphatic carbocycles. The lowest BCUT2D eigenvalue weighted by Crippen LogP contribution is -2.28. The van der Waals surface area contributed by atoms with E-state index in [2.05, 4.69) is 6.92 Å². The maximum Gasteiger partial charge on any atom is 0.310 e. The zero-order valence-corrected chi connectivity index (χ0v) is 13.2. The van der Waals surface area contributed by atoms with Crippen LogP contribution in [0.4, 0.5) is 0 Å². The predicted molar refractivity (Wildman–Crippen MR) is 82.6 cm³/mol. The molecule has 0 radical (unpaired) electrons. The third kappa shape index (κ3) is 4.23. The molecule has 0 saturated carbocycles. The molecule has 1 aliphatic heterocycles. The Balaban J connectivity index is 1.87. The summed E-state index contributed by atoms with van der Waals surface area (Å²) in [7, 11) is 1.36. The second-order valence-corrected chi connectivity index (χ2v) is 5.51. The minimum Gasteiger partial charge on any atom is -0.494 e. The minimum absolute atomic E-state index is 0.0220. The van der Waals surface area contributed by atoms with Crippen molar-refractivity contribution >= 4 is 11.9 Å². The zero-order valence-electron chi connectivity index (χ0n) is 13.2. The molecular formula is C17H23NO4. The Bertz CT molecular complexity index is 529. The number of nitrogens with zero attached hydrogens (tertiary/aromatic N) is 1. The summed E-state index contributed by atoms with van der Waals surface area (Å²) in [4.78, 5) is 25.2. The number of carbonyl (C=O) groups excluding carboxylic acids is 2. The molecule has 1 fully saturated rings. The van der Waals surface area contributed by atoms with Gasteiger partial charge in [0.15, 0.2) is 0 Å². The van der Waals surface area contributed by atoms with Gasteiger partial charge in [-0.25, -0.2) is 0 Å². The maximum absolute atomic E-state index is 11.9. The number of methoxy groups -OCH3 is 1. The third-order valence-corrected chi connectivity index (χ3v) is 3.79. The largest absolute Gasteiger partial charge is 0.494 e. The van der Waals surface area contributed by atoms with Gasteiger partial charge in [0.1, 0.15) is 5.75 Å². The number of benzene rings is 1. The number of amides is 1. The summed E-state index contributed by atoms with van der Waals surface area (Å²) in [6, 6.07) is 7.93. The summed E-state index contributed by atoms with van der Waals surface area (Å²) < 4.78 is 10.3. The van der Waals surface area contributed by atoms with E-state index < -0.39 is 0 Å². The Morgan fingerprint density at radius 3 is 2.95 bits per heavy atom. The predicted octanol–water partition coefficient (Wildman–Crippen LogP) is 2.04. The zero-order chi connectivity index (χ0) is 15.9. The first kappa shape index (κ1) is 16.3. The Morgan fingerprint density at radius 1 is 1.41 bits per heavy atom. The van der Waals surface area contributed by atoms with Gasteiger partial charge in [-0.1, -0.05) is 19.1 Å². The van der Waals surface area contributed by atoms with Crippen molar-refractivity contribution in [2.24, 2.45) is 5.92 Å². The van der Waals surface area contributed by atoms with Crippen molar-refractivity contribution in [1.29, 1.82) is 0 Å². The summed E-state index contributed by atoms with van der Waals surface area (Å²) >= 11 is 0. The average molecular weight is 305 g/mol. The molecule has 5 heteroatoms. The van der Waals surface area contributed by atoms with E-state index in [0.29, 0.717) is 19.7 Å². The molecule has 1 heterocycles. The van der Waals surface area contributed by atoms with Gasteiger partial charge in [0.05, 0.1) is 19.6 Å². The van der Waals surface area contributed by atoms with Gasteiger partial charge in [0, 0.05) is 19.5 Å². The maximum atomic E-state index is 11.9. The van der Waals surface area contributed by atoms with Crippen molar-refractivity contribution in [2.75, 3.05) is 26.8 Å². The molecule has 1 aromatic carbocycles. The Morgan fingerprint density at radius 2 is 2.23 bits per heavy atom. The van der Waals surface area contributed by atoms with E-state index in [1.165, 1.54) is 7.11 Å². The van der Waals surface area contributed by atoms with Gasteiger partial charge in [-0.15, -0.1) is 0 Å². The van der Waals surface area contributed by atoms with E-state index in [0.717, 1.165) is 24.2 Å². The summed E-state index contributed by atoms with van der Waals surface area (Å²) in [6.07, 6.45) is 1.98. The van der Waals surface area contributed by atoms with Crippen molar-refractivity contribution in [1.82, 2.24) is 4.90 Å². The number of ether oxygens (including phenoxy) is 2. The van der Waals surface area contributed by atoms with Crippen LogP contribution in [0.5, 0.6) is 5.75 Å². The molecular weight excluding hydrogens is 282 g/mol. The topological polar surface area (TPSA) is 55.8 Å². The van der Waals surface area contributed by atoms with Gasteiger partial charge < -0.3 is 14.4 Å². The number of hydrogen-bond acceptors (Lipinski definition) is 4. The van der Waals surface area contributed by atoms with Gasteiger partial charge in [-0.3, -0.25) is 9.59 Å². The van der Waals surface area contributed by atoms with E-state index in [1.807, 2.05) is 24.3 Å². The summed E-state index contributed by atoms with van der Waals surface area (Å²) in [5.74, 6) is 0.260. The quantitative estimate of drug-likeness (QED) is 0.723. The van der Waals surface area contributed by atoms with E-state index in [9.17, 15) is 9.59 Å². The van der Waals surface area contributed by atoms with Crippen molar-refractivity contribution in [2.45, 2.75) is 26.2 Å². The fraction of sp³-hybridized carbons (Fsp3) is 0.529. The van der Waals surface area contributed by atoms with Crippen LogP contribution in [0.25, 0.3) is 0 Å². The normalized spacial score (nSPS) is 17.6. The molecule has 2 rings (SSSR count). The highest BCUT2D eigenvalue weighted by molar-refractivity contribution is 5.86. The molecule has 1 aliphatic rings. The van der Waals surface area contributed by atoms with E-state index >= 15 is 0 Å². The molecule has 0 N–H and O–H groups in total. The standard InChI is InChI=1S/C17H23NO4/c1-3-9-22-15-6-4-5-13(10-15)7-8-18-12-14(11-16(18)19)17(20)21-2/h4-6,10,14H,3,7-9,11-12H2,1-2H3. The van der Waals surface area contributed by atoms with Crippen molar-refractivity contribution in [3.8, 4) is 5.75 Å². The Labute approximate surface area is 131 Å². The smallest absolute Gasteiger partial charge is 0.310 e. The van der Waals surface area contributed by atoms with Crippen LogP contribution in [0, 0.1) is 5.92 Å². The van der Waals surface area contributed by atoms with Gasteiger partial charge in [-0.2, -0.15) is 0 Å². The molecule has 1 atom stereocenters. The van der Waals surface area contributed by atoms with Crippen LogP contribution in [0.2, 0.25) is 0 Å². The number of likely N-dealkylation sites (tertiary alicyclic amines) is 1. The molecule has 0 bridgehead atoms. The van der Waals surface area contributed by atoms with E-state index in [-0.39, 0.29) is 24.2 Å². The van der Waals surface area contributed by atoms with Crippen molar-refractivity contribution < 1.29 is 19.1 Å². The van der Waals surface area contributed by atoms with Crippen LogP contribution in [-0.4, -0.2) is 43.6 Å². The average Bonchev–Trinajstić information content (AvgIpc) is 2.91. The molecule has 0 spiro atoms. The number of rotatable bonds is 7. The summed E-state index contributed by atoms with van der Waals surface area (Å²) in [5.41, 5.74) is 1.13. The van der Waals surface area contributed by atoms with Crippen LogP contribution >= 0.6 is 0 Å². The van der Waals surface area contributed by atoms with Crippen LogP contribution in [0.1, 0.15) is 25.3 Å². The van der Waals surface area contributed by atoms with Crippen LogP contribution in [-0.2, 0) is 20.7 Å². The van der Waals surface area contributed by atoms with Gasteiger partial charge in [0.2, 0.25) is 5.91 Å². The first-order valence-electron chi connectivity index (χ1n) is 7.71. The lowest BCUT2D eigenvalue weighted by atomic mass is 10.1. The highest BCUT2D eigenvalue weighted by Gasteiger charge is 2.34. The number of hydrogen-bond donors (Lipinski definition) is 0. The lowest BCUT2D eigenvalue weighted by Gasteiger charge is -2.16. The van der Waals surface area contributed by atoms with Gasteiger partial charge in [0.25, 0.3) is 0 Å². The SMILES string of the molecule is CCCOc1cccc(CCN2CC(C(=O)OC)CC2=O)c1. The molecule has 1 amide bonds. The second kappa shape index (κ2) is 7.82. The Kier molecular flexibility index (Phi) is 5.81. The summed E-state index contributed by atoms with van der Waals surface area (Å²) in [6.45, 7) is 3.84. The molecule has 1 unspecified atom stereocenters. The molecule has 1 saturated heterocycles. The van der Waals surface area contributed by atoms with Crippen LogP contribution < -0.4 is 4.74 Å². The highest BCUT2D eigenvalue weighted by atomic mass is 16.5. The lowest BCUT2D eigenvalue weighted by molar-refractivity contribution is -0.145. The van der Waals surface area contributed by atoms with Gasteiger partial charge in [-0.05, 0) is 30.5 Å². The number of esters is 1. The second-order valence-electron chi connectivity index (χ2n) is 5.51. The van der Waals surface area contributed by atoms with Crippen LogP contribution in [0.15, 0.2) is 24.3 Å². The summed E-state index contributed by atoms with van der Waals surface area (Å²) in [5, 5.41) is 0. The van der Waals surface area contributed by atoms with E-state index in [4.69, 9.17) is 9.47 Å². The fourth-order valence-electron chi connectivity index (χ4n) is 2.59. The number of carbonyl (C=O) groups is 2. The first-order chi connectivity index (χ1) is 10.6. The molecule has 0 aromatic heterocycles. The Hall–Kier alpha value is -2.04. The minimum atomic E-state index is -0.322.